The SMILES string of the molecule is CN1CCN(c2cc(Cl)cc(C(=O)C=Cc3cccc(C=CC(=O)O)n3)c2)CC1. The number of anilines is 1. The molecular formula is C22H22ClN3O3. The fraction of sp³-hybridized carbons (Fsp3) is 0.227. The molecule has 7 heteroatoms. The first kappa shape index (κ1) is 20.8. The minimum Gasteiger partial charge on any atom is -0.478 e. The molecule has 0 saturated carbocycles. The molecule has 1 fully saturated rings. The van der Waals surface area contributed by atoms with Gasteiger partial charge in [0.2, 0.25) is 0 Å². The Bertz CT molecular complexity index is 964. The van der Waals surface area contributed by atoms with Crippen molar-refractivity contribution < 1.29 is 14.7 Å². The molecule has 1 aromatic heterocycles. The van der Waals surface area contributed by atoms with Gasteiger partial charge in [0.05, 0.1) is 11.4 Å². The number of allylic oxidation sites excluding steroid dienone is 1. The molecule has 0 aliphatic carbocycles. The van der Waals surface area contributed by atoms with E-state index in [1.165, 1.54) is 12.2 Å². The number of carboxylic acids is 1. The van der Waals surface area contributed by atoms with Gasteiger partial charge in [-0.2, -0.15) is 0 Å². The molecule has 29 heavy (non-hydrogen) atoms. The summed E-state index contributed by atoms with van der Waals surface area (Å²) in [6.45, 7) is 3.71. The zero-order chi connectivity index (χ0) is 20.8. The van der Waals surface area contributed by atoms with Gasteiger partial charge in [0.1, 0.15) is 0 Å². The molecule has 1 aliphatic heterocycles. The van der Waals surface area contributed by atoms with Crippen molar-refractivity contribution in [3.8, 4) is 0 Å². The molecule has 6 nitrogen and oxygen atoms in total. The van der Waals surface area contributed by atoms with E-state index in [1.807, 2.05) is 12.1 Å². The van der Waals surface area contributed by atoms with Gasteiger partial charge >= 0.3 is 5.97 Å². The van der Waals surface area contributed by atoms with Crippen molar-refractivity contribution in [2.24, 2.45) is 0 Å². The van der Waals surface area contributed by atoms with E-state index in [4.69, 9.17) is 16.7 Å². The predicted octanol–water partition coefficient (Wildman–Crippen LogP) is 3.48. The van der Waals surface area contributed by atoms with E-state index in [0.29, 0.717) is 22.0 Å². The van der Waals surface area contributed by atoms with E-state index in [-0.39, 0.29) is 5.78 Å². The number of aliphatic carboxylic acids is 1. The van der Waals surface area contributed by atoms with Crippen molar-refractivity contribution in [1.82, 2.24) is 9.88 Å². The van der Waals surface area contributed by atoms with Crippen molar-refractivity contribution in [1.29, 1.82) is 0 Å². The second-order valence-electron chi connectivity index (χ2n) is 6.84. The van der Waals surface area contributed by atoms with Gasteiger partial charge in [-0.1, -0.05) is 17.7 Å². The Labute approximate surface area is 174 Å². The van der Waals surface area contributed by atoms with Crippen LogP contribution in [0.15, 0.2) is 48.6 Å². The highest BCUT2D eigenvalue weighted by Crippen LogP contribution is 2.24. The van der Waals surface area contributed by atoms with E-state index in [1.54, 1.807) is 30.3 Å². The first-order chi connectivity index (χ1) is 13.9. The maximum Gasteiger partial charge on any atom is 0.328 e. The average Bonchev–Trinajstić information content (AvgIpc) is 2.71. The number of hydrogen-bond acceptors (Lipinski definition) is 5. The summed E-state index contributed by atoms with van der Waals surface area (Å²) in [6, 6.07) is 10.6. The third-order valence-electron chi connectivity index (χ3n) is 4.63. The molecule has 3 rings (SSSR count). The number of piperazine rings is 1. The summed E-state index contributed by atoms with van der Waals surface area (Å²) in [5.41, 5.74) is 2.53. The molecule has 1 aromatic carbocycles. The molecule has 2 heterocycles. The number of halogens is 1. The van der Waals surface area contributed by atoms with Crippen LogP contribution in [0, 0.1) is 0 Å². The number of likely N-dealkylation sites (N-methyl/N-ethyl adjacent to an activating group) is 1. The van der Waals surface area contributed by atoms with Gasteiger partial charge in [0.15, 0.2) is 5.78 Å². The van der Waals surface area contributed by atoms with Crippen molar-refractivity contribution in [2.75, 3.05) is 38.1 Å². The molecule has 150 valence electrons. The molecule has 0 radical (unpaired) electrons. The number of nitrogens with zero attached hydrogens (tertiary/aromatic N) is 3. The second-order valence-corrected chi connectivity index (χ2v) is 7.28. The molecule has 0 amide bonds. The maximum atomic E-state index is 12.7. The highest BCUT2D eigenvalue weighted by atomic mass is 35.5. The first-order valence-electron chi connectivity index (χ1n) is 9.25. The first-order valence-corrected chi connectivity index (χ1v) is 9.63. The molecule has 0 atom stereocenters. The van der Waals surface area contributed by atoms with Crippen molar-refractivity contribution in [2.45, 2.75) is 0 Å². The minimum absolute atomic E-state index is 0.170. The van der Waals surface area contributed by atoms with Gasteiger partial charge in [-0.05, 0) is 55.6 Å². The fourth-order valence-corrected chi connectivity index (χ4v) is 3.26. The summed E-state index contributed by atoms with van der Waals surface area (Å²) < 4.78 is 0. The Morgan fingerprint density at radius 3 is 2.34 bits per heavy atom. The number of carbonyl (C=O) groups is 2. The zero-order valence-electron chi connectivity index (χ0n) is 16.1. The third-order valence-corrected chi connectivity index (χ3v) is 4.85. The number of carbonyl (C=O) groups excluding carboxylic acids is 1. The van der Waals surface area contributed by atoms with Crippen LogP contribution in [0.3, 0.4) is 0 Å². The Hall–Kier alpha value is -2.96. The van der Waals surface area contributed by atoms with E-state index >= 15 is 0 Å². The molecule has 1 saturated heterocycles. The smallest absolute Gasteiger partial charge is 0.328 e. The van der Waals surface area contributed by atoms with Crippen LogP contribution >= 0.6 is 11.6 Å². The lowest BCUT2D eigenvalue weighted by Crippen LogP contribution is -2.44. The van der Waals surface area contributed by atoms with Crippen LogP contribution in [0.2, 0.25) is 5.02 Å². The Balaban J connectivity index is 1.75. The lowest BCUT2D eigenvalue weighted by molar-refractivity contribution is -0.131. The molecule has 0 spiro atoms. The third kappa shape index (κ3) is 6.01. The minimum atomic E-state index is -1.04. The summed E-state index contributed by atoms with van der Waals surface area (Å²) in [6.07, 6.45) is 5.48. The molecule has 1 N–H and O–H groups in total. The van der Waals surface area contributed by atoms with E-state index in [9.17, 15) is 9.59 Å². The normalized spacial score (nSPS) is 15.3. The average molecular weight is 412 g/mol. The van der Waals surface area contributed by atoms with E-state index < -0.39 is 5.97 Å². The Morgan fingerprint density at radius 1 is 1.03 bits per heavy atom. The number of carboxylic acid groups (broad SMARTS) is 1. The lowest BCUT2D eigenvalue weighted by Gasteiger charge is -2.34. The van der Waals surface area contributed by atoms with Crippen LogP contribution in [0.1, 0.15) is 21.7 Å². The van der Waals surface area contributed by atoms with Crippen LogP contribution < -0.4 is 4.90 Å². The Kier molecular flexibility index (Phi) is 6.80. The van der Waals surface area contributed by atoms with Gasteiger partial charge in [-0.25, -0.2) is 9.78 Å². The monoisotopic (exact) mass is 411 g/mol. The van der Waals surface area contributed by atoms with Crippen LogP contribution in [0.4, 0.5) is 5.69 Å². The number of aromatic nitrogens is 1. The lowest BCUT2D eigenvalue weighted by atomic mass is 10.1. The fourth-order valence-electron chi connectivity index (χ4n) is 3.03. The predicted molar refractivity (Wildman–Crippen MR) is 115 cm³/mol. The number of hydrogen-bond donors (Lipinski definition) is 1. The van der Waals surface area contributed by atoms with Crippen LogP contribution in [-0.2, 0) is 4.79 Å². The van der Waals surface area contributed by atoms with Crippen LogP contribution in [0.5, 0.6) is 0 Å². The van der Waals surface area contributed by atoms with Gasteiger partial charge < -0.3 is 14.9 Å². The second kappa shape index (κ2) is 9.49. The summed E-state index contributed by atoms with van der Waals surface area (Å²) in [4.78, 5) is 32.1. The molecule has 0 bridgehead atoms. The summed E-state index contributed by atoms with van der Waals surface area (Å²) in [7, 11) is 2.09. The topological polar surface area (TPSA) is 73.7 Å². The quantitative estimate of drug-likeness (QED) is 0.579. The number of ketones is 1. The van der Waals surface area contributed by atoms with Gasteiger partial charge in [-0.15, -0.1) is 0 Å². The highest BCUT2D eigenvalue weighted by molar-refractivity contribution is 6.31. The van der Waals surface area contributed by atoms with Gasteiger partial charge in [0.25, 0.3) is 0 Å². The van der Waals surface area contributed by atoms with E-state index in [0.717, 1.165) is 37.9 Å². The summed E-state index contributed by atoms with van der Waals surface area (Å²) >= 11 is 6.26. The number of benzene rings is 1. The van der Waals surface area contributed by atoms with Crippen LogP contribution in [-0.4, -0.2) is 60.0 Å². The zero-order valence-corrected chi connectivity index (χ0v) is 16.8. The van der Waals surface area contributed by atoms with Gasteiger partial charge in [0, 0.05) is 48.5 Å². The van der Waals surface area contributed by atoms with E-state index in [2.05, 4.69) is 21.8 Å². The van der Waals surface area contributed by atoms with Crippen molar-refractivity contribution in [3.63, 3.8) is 0 Å². The summed E-state index contributed by atoms with van der Waals surface area (Å²) in [5.74, 6) is -1.21. The molecule has 1 aliphatic rings. The van der Waals surface area contributed by atoms with Crippen molar-refractivity contribution in [3.05, 3.63) is 70.5 Å². The summed E-state index contributed by atoms with van der Waals surface area (Å²) in [5, 5.41) is 9.23. The standard InChI is InChI=1S/C22H22ClN3O3/c1-25-9-11-26(12-10-25)20-14-16(13-17(23)15-20)21(27)7-5-18-3-2-4-19(24-18)6-8-22(28)29/h2-8,13-15H,9-12H2,1H3,(H,28,29). The van der Waals surface area contributed by atoms with Crippen LogP contribution in [0.25, 0.3) is 12.2 Å². The number of pyridine rings is 1. The number of rotatable bonds is 6. The molecule has 2 aromatic rings. The maximum absolute atomic E-state index is 12.7. The molecule has 0 unspecified atom stereocenters. The Morgan fingerprint density at radius 2 is 1.69 bits per heavy atom. The largest absolute Gasteiger partial charge is 0.478 e. The van der Waals surface area contributed by atoms with Crippen molar-refractivity contribution >= 4 is 41.2 Å². The molecular weight excluding hydrogens is 390 g/mol. The van der Waals surface area contributed by atoms with Gasteiger partial charge in [-0.3, -0.25) is 4.79 Å². The highest BCUT2D eigenvalue weighted by Gasteiger charge is 2.16.